The third-order valence-corrected chi connectivity index (χ3v) is 8.91. The minimum absolute atomic E-state index is 0.357. The summed E-state index contributed by atoms with van der Waals surface area (Å²) < 4.78 is 11.4. The molecular formula is C30H23ClN4O5. The van der Waals surface area contributed by atoms with Gasteiger partial charge in [-0.3, -0.25) is 19.7 Å². The predicted octanol–water partition coefficient (Wildman–Crippen LogP) is 3.76. The predicted molar refractivity (Wildman–Crippen MR) is 148 cm³/mol. The molecule has 40 heavy (non-hydrogen) atoms. The van der Waals surface area contributed by atoms with E-state index < -0.39 is 35.2 Å². The largest absolute Gasteiger partial charge is 0.486 e. The van der Waals surface area contributed by atoms with Crippen molar-refractivity contribution in [2.45, 2.75) is 18.0 Å². The molecule has 3 N–H and O–H groups in total. The smallest absolute Gasteiger partial charge is 0.250 e. The van der Waals surface area contributed by atoms with Crippen molar-refractivity contribution in [3.8, 4) is 11.5 Å². The summed E-state index contributed by atoms with van der Waals surface area (Å²) in [6.07, 6.45) is 2.36. The number of nitrogens with zero attached hydrogens (tertiary/aromatic N) is 1. The second-order valence-corrected chi connectivity index (χ2v) is 11.0. The highest BCUT2D eigenvalue weighted by Gasteiger charge is 2.70. The van der Waals surface area contributed by atoms with E-state index in [1.807, 2.05) is 30.5 Å². The summed E-state index contributed by atoms with van der Waals surface area (Å²) in [5.41, 5.74) is 1.95. The lowest BCUT2D eigenvalue weighted by molar-refractivity contribution is -0.130. The maximum Gasteiger partial charge on any atom is 0.250 e. The fourth-order valence-corrected chi connectivity index (χ4v) is 7.15. The second-order valence-electron chi connectivity index (χ2n) is 10.6. The number of anilines is 2. The van der Waals surface area contributed by atoms with Crippen molar-refractivity contribution in [1.82, 2.24) is 10.3 Å². The van der Waals surface area contributed by atoms with Gasteiger partial charge >= 0.3 is 0 Å². The molecule has 0 saturated carbocycles. The van der Waals surface area contributed by atoms with E-state index in [0.29, 0.717) is 53.1 Å². The van der Waals surface area contributed by atoms with Gasteiger partial charge in [0.15, 0.2) is 11.5 Å². The number of aromatic nitrogens is 1. The van der Waals surface area contributed by atoms with E-state index in [1.165, 1.54) is 4.90 Å². The van der Waals surface area contributed by atoms with Crippen LogP contribution in [0.25, 0.3) is 10.9 Å². The molecule has 10 heteroatoms. The summed E-state index contributed by atoms with van der Waals surface area (Å²) in [4.78, 5) is 46.9. The van der Waals surface area contributed by atoms with Gasteiger partial charge in [-0.25, -0.2) is 4.90 Å². The van der Waals surface area contributed by atoms with Crippen LogP contribution in [0.15, 0.2) is 66.9 Å². The van der Waals surface area contributed by atoms with Gasteiger partial charge in [-0.2, -0.15) is 0 Å². The van der Waals surface area contributed by atoms with Crippen molar-refractivity contribution in [1.29, 1.82) is 0 Å². The van der Waals surface area contributed by atoms with Gasteiger partial charge in [0.2, 0.25) is 17.7 Å². The van der Waals surface area contributed by atoms with Crippen LogP contribution in [0.4, 0.5) is 11.4 Å². The SMILES string of the molecule is O=C1C2C(Cc3c[nH]c4ccccc34)NC3(C(=O)Nc4c(Cl)cccc43)C2C(=O)N1c1ccc2c(c1)OCCO2. The highest BCUT2D eigenvalue weighted by atomic mass is 35.5. The molecule has 4 atom stereocenters. The fourth-order valence-electron chi connectivity index (χ4n) is 6.93. The highest BCUT2D eigenvalue weighted by Crippen LogP contribution is 2.55. The first-order valence-corrected chi connectivity index (χ1v) is 13.6. The van der Waals surface area contributed by atoms with Crippen molar-refractivity contribution in [2.75, 3.05) is 23.4 Å². The first kappa shape index (κ1) is 23.5. The van der Waals surface area contributed by atoms with Gasteiger partial charge in [-0.05, 0) is 36.2 Å². The minimum Gasteiger partial charge on any atom is -0.486 e. The normalized spacial score (nSPS) is 26.5. The Hall–Kier alpha value is -4.34. The Morgan fingerprint density at radius 3 is 2.65 bits per heavy atom. The molecule has 4 unspecified atom stereocenters. The van der Waals surface area contributed by atoms with Crippen molar-refractivity contribution in [3.63, 3.8) is 0 Å². The van der Waals surface area contributed by atoms with E-state index >= 15 is 0 Å². The van der Waals surface area contributed by atoms with Crippen LogP contribution in [-0.2, 0) is 26.3 Å². The van der Waals surface area contributed by atoms with Gasteiger partial charge < -0.3 is 19.8 Å². The number of nitrogens with one attached hydrogen (secondary N) is 3. The number of halogens is 1. The maximum absolute atomic E-state index is 14.3. The monoisotopic (exact) mass is 554 g/mol. The summed E-state index contributed by atoms with van der Waals surface area (Å²) >= 11 is 6.48. The summed E-state index contributed by atoms with van der Waals surface area (Å²) in [7, 11) is 0. The molecule has 200 valence electrons. The second kappa shape index (κ2) is 8.33. The minimum atomic E-state index is -1.45. The average Bonchev–Trinajstić information content (AvgIpc) is 3.68. The van der Waals surface area contributed by atoms with Gasteiger partial charge in [0.25, 0.3) is 0 Å². The Bertz CT molecular complexity index is 1770. The summed E-state index contributed by atoms with van der Waals surface area (Å²) in [5.74, 6) is -1.91. The number of ether oxygens (including phenoxy) is 2. The summed E-state index contributed by atoms with van der Waals surface area (Å²) in [6.45, 7) is 0.805. The van der Waals surface area contributed by atoms with Crippen LogP contribution in [-0.4, -0.2) is 42.0 Å². The molecule has 4 aromatic rings. The van der Waals surface area contributed by atoms with Crippen molar-refractivity contribution < 1.29 is 23.9 Å². The zero-order valence-electron chi connectivity index (χ0n) is 21.1. The summed E-state index contributed by atoms with van der Waals surface area (Å²) in [6, 6.07) is 17.7. The molecule has 2 fully saturated rings. The van der Waals surface area contributed by atoms with Crippen LogP contribution in [0.3, 0.4) is 0 Å². The Balaban J connectivity index is 1.27. The van der Waals surface area contributed by atoms with Gasteiger partial charge in [-0.1, -0.05) is 41.9 Å². The van der Waals surface area contributed by atoms with E-state index in [9.17, 15) is 14.4 Å². The van der Waals surface area contributed by atoms with E-state index in [0.717, 1.165) is 16.5 Å². The van der Waals surface area contributed by atoms with Gasteiger partial charge in [0.05, 0.1) is 28.2 Å². The number of amides is 3. The quantitative estimate of drug-likeness (QED) is 0.332. The summed E-state index contributed by atoms with van der Waals surface area (Å²) in [5, 5.41) is 7.79. The number of hydrogen-bond donors (Lipinski definition) is 3. The molecule has 0 aliphatic carbocycles. The van der Waals surface area contributed by atoms with E-state index in [2.05, 4.69) is 15.6 Å². The molecular weight excluding hydrogens is 532 g/mol. The molecule has 3 aromatic carbocycles. The van der Waals surface area contributed by atoms with Gasteiger partial charge in [0, 0.05) is 34.8 Å². The molecule has 0 radical (unpaired) electrons. The van der Waals surface area contributed by atoms with Crippen LogP contribution in [0.2, 0.25) is 5.02 Å². The van der Waals surface area contributed by atoms with Crippen LogP contribution >= 0.6 is 11.6 Å². The lowest BCUT2D eigenvalue weighted by atomic mass is 9.76. The third kappa shape index (κ3) is 3.04. The molecule has 9 nitrogen and oxygen atoms in total. The molecule has 5 heterocycles. The van der Waals surface area contributed by atoms with Crippen molar-refractivity contribution >= 4 is 51.6 Å². The van der Waals surface area contributed by atoms with Crippen molar-refractivity contribution in [3.05, 3.63) is 83.0 Å². The fraction of sp³-hybridized carbons (Fsp3) is 0.233. The number of rotatable bonds is 3. The molecule has 3 amide bonds. The lowest BCUT2D eigenvalue weighted by Gasteiger charge is -2.30. The Kier molecular flexibility index (Phi) is 4.90. The van der Waals surface area contributed by atoms with Crippen molar-refractivity contribution in [2.24, 2.45) is 11.8 Å². The van der Waals surface area contributed by atoms with Gasteiger partial charge in [-0.15, -0.1) is 0 Å². The molecule has 4 aliphatic heterocycles. The maximum atomic E-state index is 14.3. The van der Waals surface area contributed by atoms with Gasteiger partial charge in [0.1, 0.15) is 18.8 Å². The van der Waals surface area contributed by atoms with Crippen LogP contribution < -0.4 is 25.0 Å². The number of carbonyl (C=O) groups excluding carboxylic acids is 3. The first-order valence-electron chi connectivity index (χ1n) is 13.2. The number of fused-ring (bicyclic) bond motifs is 6. The average molecular weight is 555 g/mol. The standard InChI is InChI=1S/C30H23ClN4O5/c31-19-6-3-5-18-26(19)33-29(38)30(18)25-24(21(34-30)12-15-14-32-20-7-2-1-4-17(15)20)27(36)35(28(25)37)16-8-9-22-23(13-16)40-11-10-39-22/h1-9,13-14,21,24-25,32,34H,10-12H2,(H,33,38). The van der Waals surface area contributed by atoms with Crippen LogP contribution in [0.1, 0.15) is 11.1 Å². The lowest BCUT2D eigenvalue weighted by Crippen LogP contribution is -2.53. The number of hydrogen-bond acceptors (Lipinski definition) is 6. The molecule has 1 aromatic heterocycles. The molecule has 4 aliphatic rings. The Labute approximate surface area is 233 Å². The number of aromatic amines is 1. The molecule has 0 bridgehead atoms. The topological polar surface area (TPSA) is 113 Å². The highest BCUT2D eigenvalue weighted by molar-refractivity contribution is 6.35. The van der Waals surface area contributed by atoms with Crippen LogP contribution in [0, 0.1) is 11.8 Å². The Morgan fingerprint density at radius 1 is 0.950 bits per heavy atom. The Morgan fingerprint density at radius 2 is 1.77 bits per heavy atom. The molecule has 2 saturated heterocycles. The first-order chi connectivity index (χ1) is 19.5. The zero-order chi connectivity index (χ0) is 27.2. The van der Waals surface area contributed by atoms with E-state index in [1.54, 1.807) is 36.4 Å². The number of imide groups is 1. The molecule has 1 spiro atoms. The van der Waals surface area contributed by atoms with E-state index in [-0.39, 0.29) is 5.91 Å². The number of para-hydroxylation sites is 2. The number of benzene rings is 3. The third-order valence-electron chi connectivity index (χ3n) is 8.60. The number of H-pyrrole nitrogens is 1. The van der Waals surface area contributed by atoms with E-state index in [4.69, 9.17) is 21.1 Å². The molecule has 8 rings (SSSR count). The number of carbonyl (C=O) groups is 3. The van der Waals surface area contributed by atoms with Crippen LogP contribution in [0.5, 0.6) is 11.5 Å². The zero-order valence-corrected chi connectivity index (χ0v) is 21.8.